The summed E-state index contributed by atoms with van der Waals surface area (Å²) >= 11 is 0. The van der Waals surface area contributed by atoms with Crippen LogP contribution in [0.15, 0.2) is 48.5 Å². The summed E-state index contributed by atoms with van der Waals surface area (Å²) in [6.07, 6.45) is 0.519. The van der Waals surface area contributed by atoms with Crippen molar-refractivity contribution in [2.45, 2.75) is 19.3 Å². The maximum absolute atomic E-state index is 12.5. The van der Waals surface area contributed by atoms with Crippen LogP contribution in [0.2, 0.25) is 0 Å². The van der Waals surface area contributed by atoms with Gasteiger partial charge in [0.25, 0.3) is 0 Å². The SMILES string of the molecule is Cc1ccccc1N1C[C@@H](c2nc3ccccc3n2C)CC1=O. The lowest BCUT2D eigenvalue weighted by Crippen LogP contribution is -2.25. The highest BCUT2D eigenvalue weighted by Crippen LogP contribution is 2.33. The minimum absolute atomic E-state index is 0.138. The van der Waals surface area contributed by atoms with Crippen LogP contribution in [0.25, 0.3) is 11.0 Å². The number of carbonyl (C=O) groups is 1. The summed E-state index contributed by atoms with van der Waals surface area (Å²) in [4.78, 5) is 19.2. The number of amides is 1. The largest absolute Gasteiger partial charge is 0.331 e. The van der Waals surface area contributed by atoms with Crippen molar-refractivity contribution >= 4 is 22.6 Å². The molecular formula is C19H19N3O. The standard InChI is InChI=1S/C19H19N3O/c1-13-7-3-5-9-16(13)22-12-14(11-18(22)23)19-20-15-8-4-6-10-17(15)21(19)2/h3-10,14H,11-12H2,1-2H3/t14-/m0/s1. The van der Waals surface area contributed by atoms with E-state index in [9.17, 15) is 4.79 Å². The van der Waals surface area contributed by atoms with Crippen molar-refractivity contribution in [3.63, 3.8) is 0 Å². The molecule has 4 rings (SSSR count). The summed E-state index contributed by atoms with van der Waals surface area (Å²) in [5.41, 5.74) is 4.25. The van der Waals surface area contributed by atoms with Crippen LogP contribution in [0.5, 0.6) is 0 Å². The van der Waals surface area contributed by atoms with Crippen LogP contribution in [-0.2, 0) is 11.8 Å². The van der Waals surface area contributed by atoms with E-state index in [-0.39, 0.29) is 11.8 Å². The number of imidazole rings is 1. The Morgan fingerprint density at radius 2 is 1.83 bits per heavy atom. The van der Waals surface area contributed by atoms with Crippen LogP contribution in [0.3, 0.4) is 0 Å². The molecule has 0 N–H and O–H groups in total. The molecule has 1 aromatic heterocycles. The van der Waals surface area contributed by atoms with Gasteiger partial charge in [-0.25, -0.2) is 4.98 Å². The minimum Gasteiger partial charge on any atom is -0.331 e. The summed E-state index contributed by atoms with van der Waals surface area (Å²) in [5, 5.41) is 0. The lowest BCUT2D eigenvalue weighted by atomic mass is 10.1. The number of benzene rings is 2. The molecular weight excluding hydrogens is 286 g/mol. The smallest absolute Gasteiger partial charge is 0.227 e. The number of aromatic nitrogens is 2. The molecule has 1 aliphatic rings. The number of hydrogen-bond donors (Lipinski definition) is 0. The van der Waals surface area contributed by atoms with Gasteiger partial charge in [0.1, 0.15) is 5.82 Å². The first-order valence-corrected chi connectivity index (χ1v) is 7.92. The molecule has 23 heavy (non-hydrogen) atoms. The first-order valence-electron chi connectivity index (χ1n) is 7.92. The molecule has 116 valence electrons. The fourth-order valence-electron chi connectivity index (χ4n) is 3.51. The molecule has 0 spiro atoms. The third kappa shape index (κ3) is 2.22. The van der Waals surface area contributed by atoms with Gasteiger partial charge in [0.15, 0.2) is 0 Å². The molecule has 0 unspecified atom stereocenters. The van der Waals surface area contributed by atoms with Crippen molar-refractivity contribution in [2.24, 2.45) is 7.05 Å². The van der Waals surface area contributed by atoms with E-state index in [0.717, 1.165) is 28.1 Å². The second-order valence-corrected chi connectivity index (χ2v) is 6.21. The lowest BCUT2D eigenvalue weighted by molar-refractivity contribution is -0.117. The molecule has 0 aliphatic carbocycles. The molecule has 0 saturated carbocycles. The Morgan fingerprint density at radius 1 is 1.09 bits per heavy atom. The van der Waals surface area contributed by atoms with Gasteiger partial charge >= 0.3 is 0 Å². The molecule has 1 atom stereocenters. The first-order chi connectivity index (χ1) is 11.1. The zero-order chi connectivity index (χ0) is 16.0. The molecule has 1 aliphatic heterocycles. The lowest BCUT2D eigenvalue weighted by Gasteiger charge is -2.19. The van der Waals surface area contributed by atoms with Crippen molar-refractivity contribution in [3.8, 4) is 0 Å². The van der Waals surface area contributed by atoms with E-state index in [1.807, 2.05) is 61.3 Å². The zero-order valence-corrected chi connectivity index (χ0v) is 13.4. The normalized spacial score (nSPS) is 18.1. The van der Waals surface area contributed by atoms with E-state index in [0.29, 0.717) is 13.0 Å². The highest BCUT2D eigenvalue weighted by molar-refractivity contribution is 5.97. The molecule has 0 bridgehead atoms. The average Bonchev–Trinajstić information content (AvgIpc) is 3.09. The van der Waals surface area contributed by atoms with Gasteiger partial charge in [-0.2, -0.15) is 0 Å². The average molecular weight is 305 g/mol. The first kappa shape index (κ1) is 14.0. The van der Waals surface area contributed by atoms with Gasteiger partial charge in [0.2, 0.25) is 5.91 Å². The van der Waals surface area contributed by atoms with Crippen LogP contribution in [-0.4, -0.2) is 22.0 Å². The van der Waals surface area contributed by atoms with Crippen molar-refractivity contribution in [1.82, 2.24) is 9.55 Å². The summed E-state index contributed by atoms with van der Waals surface area (Å²) in [6, 6.07) is 16.2. The van der Waals surface area contributed by atoms with Gasteiger partial charge in [-0.05, 0) is 30.7 Å². The molecule has 3 aromatic rings. The number of anilines is 1. The predicted molar refractivity (Wildman–Crippen MR) is 91.6 cm³/mol. The van der Waals surface area contributed by atoms with Crippen molar-refractivity contribution in [2.75, 3.05) is 11.4 Å². The number of rotatable bonds is 2. The second-order valence-electron chi connectivity index (χ2n) is 6.21. The molecule has 0 radical (unpaired) electrons. The van der Waals surface area contributed by atoms with Crippen molar-refractivity contribution in [3.05, 3.63) is 59.9 Å². The van der Waals surface area contributed by atoms with E-state index in [1.54, 1.807) is 0 Å². The number of carbonyl (C=O) groups excluding carboxylic acids is 1. The van der Waals surface area contributed by atoms with Gasteiger partial charge < -0.3 is 9.47 Å². The monoisotopic (exact) mass is 305 g/mol. The Morgan fingerprint density at radius 3 is 2.61 bits per heavy atom. The Kier molecular flexibility index (Phi) is 3.18. The number of hydrogen-bond acceptors (Lipinski definition) is 2. The highest BCUT2D eigenvalue weighted by Gasteiger charge is 2.34. The van der Waals surface area contributed by atoms with E-state index in [2.05, 4.69) is 10.6 Å². The quantitative estimate of drug-likeness (QED) is 0.728. The van der Waals surface area contributed by atoms with Crippen LogP contribution in [0.1, 0.15) is 23.7 Å². The summed E-state index contributed by atoms with van der Waals surface area (Å²) < 4.78 is 2.12. The van der Waals surface area contributed by atoms with Gasteiger partial charge in [0.05, 0.1) is 11.0 Å². The second kappa shape index (κ2) is 5.23. The van der Waals surface area contributed by atoms with Crippen LogP contribution >= 0.6 is 0 Å². The van der Waals surface area contributed by atoms with Gasteiger partial charge in [-0.3, -0.25) is 4.79 Å². The van der Waals surface area contributed by atoms with E-state index in [1.165, 1.54) is 0 Å². The van der Waals surface area contributed by atoms with Crippen LogP contribution < -0.4 is 4.90 Å². The van der Waals surface area contributed by atoms with Gasteiger partial charge in [-0.1, -0.05) is 30.3 Å². The van der Waals surface area contributed by atoms with Gasteiger partial charge in [0, 0.05) is 31.6 Å². The maximum Gasteiger partial charge on any atom is 0.227 e. The highest BCUT2D eigenvalue weighted by atomic mass is 16.2. The number of para-hydroxylation sites is 3. The van der Waals surface area contributed by atoms with E-state index >= 15 is 0 Å². The fourth-order valence-corrected chi connectivity index (χ4v) is 3.51. The molecule has 4 nitrogen and oxygen atoms in total. The molecule has 1 amide bonds. The topological polar surface area (TPSA) is 38.1 Å². The van der Waals surface area contributed by atoms with Gasteiger partial charge in [-0.15, -0.1) is 0 Å². The molecule has 2 heterocycles. The Bertz CT molecular complexity index is 897. The summed E-state index contributed by atoms with van der Waals surface area (Å²) in [6.45, 7) is 2.74. The summed E-state index contributed by atoms with van der Waals surface area (Å²) in [5.74, 6) is 1.31. The van der Waals surface area contributed by atoms with Crippen LogP contribution in [0, 0.1) is 6.92 Å². The van der Waals surface area contributed by atoms with E-state index in [4.69, 9.17) is 4.98 Å². The van der Waals surface area contributed by atoms with Crippen molar-refractivity contribution in [1.29, 1.82) is 0 Å². The molecule has 2 aromatic carbocycles. The molecule has 1 fully saturated rings. The van der Waals surface area contributed by atoms with Crippen molar-refractivity contribution < 1.29 is 4.79 Å². The summed E-state index contributed by atoms with van der Waals surface area (Å²) in [7, 11) is 2.03. The number of nitrogens with zero attached hydrogens (tertiary/aromatic N) is 3. The predicted octanol–water partition coefficient (Wildman–Crippen LogP) is 3.40. The third-order valence-electron chi connectivity index (χ3n) is 4.72. The molecule has 4 heteroatoms. The number of fused-ring (bicyclic) bond motifs is 1. The minimum atomic E-state index is 0.138. The Balaban J connectivity index is 1.70. The fraction of sp³-hybridized carbons (Fsp3) is 0.263. The Labute approximate surface area is 135 Å². The number of aryl methyl sites for hydroxylation is 2. The molecule has 1 saturated heterocycles. The third-order valence-corrected chi connectivity index (χ3v) is 4.72. The van der Waals surface area contributed by atoms with Crippen LogP contribution in [0.4, 0.5) is 5.69 Å². The Hall–Kier alpha value is -2.62. The zero-order valence-electron chi connectivity index (χ0n) is 13.4. The maximum atomic E-state index is 12.5. The van der Waals surface area contributed by atoms with E-state index < -0.39 is 0 Å².